The summed E-state index contributed by atoms with van der Waals surface area (Å²) in [6.45, 7) is 23.8. The summed E-state index contributed by atoms with van der Waals surface area (Å²) in [6, 6.07) is 11.4. The van der Waals surface area contributed by atoms with E-state index in [0.29, 0.717) is 46.5 Å². The van der Waals surface area contributed by atoms with Gasteiger partial charge in [-0.15, -0.1) is 0 Å². The van der Waals surface area contributed by atoms with Crippen LogP contribution < -0.4 is 4.74 Å². The maximum atomic E-state index is 11.2. The summed E-state index contributed by atoms with van der Waals surface area (Å²) >= 11 is 0. The summed E-state index contributed by atoms with van der Waals surface area (Å²) in [4.78, 5) is 9.63. The first-order chi connectivity index (χ1) is 26.9. The largest absolute Gasteiger partial charge is 0.507 e. The number of aromatic nitrogens is 1. The Morgan fingerprint density at radius 2 is 1.23 bits per heavy atom. The van der Waals surface area contributed by atoms with Gasteiger partial charge in [-0.2, -0.15) is 0 Å². The summed E-state index contributed by atoms with van der Waals surface area (Å²) in [7, 11) is 1.96. The lowest BCUT2D eigenvalue weighted by Crippen LogP contribution is -2.13. The Kier molecular flexibility index (Phi) is 23.3. The number of ether oxygens (including phenoxy) is 1. The fourth-order valence-corrected chi connectivity index (χ4v) is 7.22. The second-order valence-corrected chi connectivity index (χ2v) is 16.0. The predicted molar refractivity (Wildman–Crippen MR) is 243 cm³/mol. The number of hydrogen-bond donors (Lipinski definition) is 2. The monoisotopic (exact) mass is 770 g/mol. The van der Waals surface area contributed by atoms with Gasteiger partial charge in [0.15, 0.2) is 5.84 Å². The number of benzene rings is 2. The van der Waals surface area contributed by atoms with Gasteiger partial charge in [-0.3, -0.25) is 0 Å². The lowest BCUT2D eigenvalue weighted by Gasteiger charge is -2.19. The number of hydrogen-bond acceptors (Lipinski definition) is 4. The van der Waals surface area contributed by atoms with Gasteiger partial charge in [0.2, 0.25) is 0 Å². The minimum absolute atomic E-state index is 0.0890. The van der Waals surface area contributed by atoms with Gasteiger partial charge in [-0.05, 0) is 93.8 Å². The molecule has 6 nitrogen and oxygen atoms in total. The van der Waals surface area contributed by atoms with Crippen LogP contribution in [0.5, 0.6) is 17.2 Å². The van der Waals surface area contributed by atoms with Gasteiger partial charge >= 0.3 is 0 Å². The third-order valence-corrected chi connectivity index (χ3v) is 11.4. The molecule has 1 heterocycles. The third-order valence-electron chi connectivity index (χ3n) is 11.4. The van der Waals surface area contributed by atoms with Crippen LogP contribution in [0.4, 0.5) is 0 Å². The molecule has 0 radical (unpaired) electrons. The molecule has 0 saturated heterocycles. The Morgan fingerprint density at radius 3 is 1.80 bits per heavy atom. The van der Waals surface area contributed by atoms with E-state index in [9.17, 15) is 10.2 Å². The Hall–Kier alpha value is -3.80. The second-order valence-electron chi connectivity index (χ2n) is 16.0. The first-order valence-electron chi connectivity index (χ1n) is 22.1. The van der Waals surface area contributed by atoms with Gasteiger partial charge in [-0.25, -0.2) is 9.98 Å². The molecule has 2 N–H and O–H groups in total. The van der Waals surface area contributed by atoms with Crippen LogP contribution in [-0.4, -0.2) is 32.9 Å². The number of phenols is 2. The highest BCUT2D eigenvalue weighted by Gasteiger charge is 2.18. The van der Waals surface area contributed by atoms with Crippen molar-refractivity contribution in [2.75, 3.05) is 6.61 Å². The van der Waals surface area contributed by atoms with Crippen molar-refractivity contribution in [3.05, 3.63) is 82.7 Å². The molecule has 0 aliphatic heterocycles. The van der Waals surface area contributed by atoms with E-state index in [0.717, 1.165) is 34.9 Å². The van der Waals surface area contributed by atoms with E-state index in [1.165, 1.54) is 103 Å². The van der Waals surface area contributed by atoms with Crippen molar-refractivity contribution in [3.63, 3.8) is 0 Å². The third kappa shape index (κ3) is 16.0. The fourth-order valence-electron chi connectivity index (χ4n) is 7.22. The minimum Gasteiger partial charge on any atom is -0.507 e. The normalized spacial score (nSPS) is 13.0. The van der Waals surface area contributed by atoms with Gasteiger partial charge in [0.25, 0.3) is 0 Å². The molecule has 2 aromatic carbocycles. The zero-order valence-electron chi connectivity index (χ0n) is 37.3. The van der Waals surface area contributed by atoms with Gasteiger partial charge < -0.3 is 19.5 Å². The van der Waals surface area contributed by atoms with E-state index in [1.54, 1.807) is 6.07 Å². The Labute approximate surface area is 342 Å². The van der Waals surface area contributed by atoms with E-state index in [1.807, 2.05) is 75.8 Å². The quantitative estimate of drug-likeness (QED) is 0.0541. The number of phenolic OH excluding ortho intramolecular Hbond substituents is 2. The zero-order valence-corrected chi connectivity index (χ0v) is 37.3. The lowest BCUT2D eigenvalue weighted by atomic mass is 9.93. The van der Waals surface area contributed by atoms with E-state index in [4.69, 9.17) is 14.7 Å². The zero-order chi connectivity index (χ0) is 41.5. The van der Waals surface area contributed by atoms with Crippen LogP contribution in [0.15, 0.2) is 59.2 Å². The maximum Gasteiger partial charge on any atom is 0.163 e. The second kappa shape index (κ2) is 26.9. The molecule has 0 aliphatic carbocycles. The Bertz CT molecular complexity index is 1650. The number of rotatable bonds is 24. The van der Waals surface area contributed by atoms with Crippen molar-refractivity contribution in [3.8, 4) is 17.2 Å². The smallest absolute Gasteiger partial charge is 0.163 e. The molecule has 0 aliphatic rings. The number of aromatic hydroxyl groups is 2. The first kappa shape index (κ1) is 48.3. The van der Waals surface area contributed by atoms with Crippen LogP contribution >= 0.6 is 0 Å². The summed E-state index contributed by atoms with van der Waals surface area (Å²) in [5.74, 6) is 2.76. The molecule has 312 valence electrons. The van der Waals surface area contributed by atoms with Gasteiger partial charge in [-0.1, -0.05) is 144 Å². The van der Waals surface area contributed by atoms with E-state index < -0.39 is 0 Å². The van der Waals surface area contributed by atoms with Crippen molar-refractivity contribution in [1.29, 1.82) is 0 Å². The molecule has 2 atom stereocenters. The molecule has 0 bridgehead atoms. The molecule has 1 aromatic heterocycles. The average molecular weight is 770 g/mol. The predicted octanol–water partition coefficient (Wildman–Crippen LogP) is 14.6. The summed E-state index contributed by atoms with van der Waals surface area (Å²) < 4.78 is 8.27. The van der Waals surface area contributed by atoms with Crippen LogP contribution in [0, 0.1) is 32.6 Å². The molecule has 0 saturated carbocycles. The van der Waals surface area contributed by atoms with Crippen molar-refractivity contribution in [2.45, 2.75) is 171 Å². The SMILES string of the molecule is C=C(N=C(N=C(C)c1cccn1C)c1ccc(C)c(C)c1O)c1ccc(OCC(CCCC)CCCCCC)c(C)c1O.CCCCCCC(CC)CCCC. The highest BCUT2D eigenvalue weighted by molar-refractivity contribution is 6.13. The van der Waals surface area contributed by atoms with Crippen molar-refractivity contribution >= 4 is 17.2 Å². The summed E-state index contributed by atoms with van der Waals surface area (Å²) in [6.07, 6.45) is 24.6. The standard InChI is InChI=1S/C37H51N3O3.C13H28/c1-9-11-13-14-17-30(16-12-10-2)24-43-34-22-21-31(36(42)27(34)5)28(6)38-37(32-20-19-25(3)26(4)35(32)41)39-29(7)33-18-15-23-40(33)8;1-4-7-9-10-12-13(6-3)11-8-5-2/h15,18-23,30,41-42H,6,9-14,16-17,24H2,1-5,7-8H3;13H,4-12H2,1-3H3. The maximum absolute atomic E-state index is 11.2. The minimum atomic E-state index is 0.0890. The molecule has 3 rings (SSSR count). The molecule has 6 heteroatoms. The molecular formula is C50H79N3O3. The highest BCUT2D eigenvalue weighted by Crippen LogP contribution is 2.36. The van der Waals surface area contributed by atoms with Crippen LogP contribution in [-0.2, 0) is 7.05 Å². The van der Waals surface area contributed by atoms with Crippen molar-refractivity contribution < 1.29 is 14.9 Å². The average Bonchev–Trinajstić information content (AvgIpc) is 3.63. The van der Waals surface area contributed by atoms with Gasteiger partial charge in [0, 0.05) is 24.4 Å². The fraction of sp³-hybridized carbons (Fsp3) is 0.600. The molecule has 0 spiro atoms. The summed E-state index contributed by atoms with van der Waals surface area (Å²) in [5, 5.41) is 22.3. The topological polar surface area (TPSA) is 79.3 Å². The number of nitrogens with zero attached hydrogens (tertiary/aromatic N) is 3. The lowest BCUT2D eigenvalue weighted by molar-refractivity contribution is 0.223. The van der Waals surface area contributed by atoms with Crippen LogP contribution in [0.25, 0.3) is 5.70 Å². The van der Waals surface area contributed by atoms with Crippen molar-refractivity contribution in [2.24, 2.45) is 28.9 Å². The number of amidine groups is 1. The number of aliphatic imine (C=N–C) groups is 2. The Balaban J connectivity index is 0.000000711. The molecular weight excluding hydrogens is 691 g/mol. The molecule has 0 amide bonds. The van der Waals surface area contributed by atoms with Crippen LogP contribution in [0.1, 0.15) is 184 Å². The number of unbranched alkanes of at least 4 members (excludes halogenated alkanes) is 8. The highest BCUT2D eigenvalue weighted by atomic mass is 16.5. The van der Waals surface area contributed by atoms with Crippen LogP contribution in [0.2, 0.25) is 0 Å². The van der Waals surface area contributed by atoms with Crippen LogP contribution in [0.3, 0.4) is 0 Å². The van der Waals surface area contributed by atoms with Gasteiger partial charge in [0.05, 0.1) is 29.3 Å². The summed E-state index contributed by atoms with van der Waals surface area (Å²) in [5.41, 5.74) is 5.44. The van der Waals surface area contributed by atoms with E-state index in [2.05, 4.69) is 41.2 Å². The van der Waals surface area contributed by atoms with E-state index in [-0.39, 0.29) is 11.5 Å². The molecule has 0 fully saturated rings. The Morgan fingerprint density at radius 1 is 0.679 bits per heavy atom. The molecule has 3 aromatic rings. The van der Waals surface area contributed by atoms with Crippen molar-refractivity contribution in [1.82, 2.24) is 4.57 Å². The number of aryl methyl sites for hydroxylation is 2. The first-order valence-corrected chi connectivity index (χ1v) is 22.1. The molecule has 56 heavy (non-hydrogen) atoms. The van der Waals surface area contributed by atoms with Gasteiger partial charge in [0.1, 0.15) is 17.2 Å². The van der Waals surface area contributed by atoms with E-state index >= 15 is 0 Å². The molecule has 2 unspecified atom stereocenters.